The quantitative estimate of drug-likeness (QED) is 0.380. The lowest BCUT2D eigenvalue weighted by atomic mass is 9.64. The molecule has 0 N–H and O–H groups in total. The third-order valence-electron chi connectivity index (χ3n) is 4.87. The molecule has 1 fully saturated rings. The molecule has 3 rings (SSSR count). The fraction of sp³-hybridized carbons (Fsp3) is 0.688. The molecule has 0 saturated heterocycles. The lowest BCUT2D eigenvalue weighted by molar-refractivity contribution is -0.114. The van der Waals surface area contributed by atoms with Gasteiger partial charge in [0, 0.05) is 45.1 Å². The first-order valence-corrected chi connectivity index (χ1v) is 13.5. The van der Waals surface area contributed by atoms with Gasteiger partial charge in [-0.25, -0.2) is 0 Å². The van der Waals surface area contributed by atoms with Crippen LogP contribution in [0.1, 0.15) is 53.8 Å². The monoisotopic (exact) mass is 487 g/mol. The van der Waals surface area contributed by atoms with Crippen LogP contribution >= 0.6 is 37.2 Å². The van der Waals surface area contributed by atoms with Gasteiger partial charge in [-0.3, -0.25) is 4.79 Å². The van der Waals surface area contributed by atoms with E-state index in [0.29, 0.717) is 5.78 Å². The Morgan fingerprint density at radius 3 is 2.63 bits per heavy atom. The Labute approximate surface area is 141 Å². The Morgan fingerprint density at radius 2 is 1.89 bits per heavy atom. The maximum atomic E-state index is 11.5. The van der Waals surface area contributed by atoms with E-state index >= 15 is 0 Å². The smallest absolute Gasteiger partial charge is 0.156 e. The molecule has 1 nitrogen and oxygen atoms in total. The topological polar surface area (TPSA) is 17.1 Å². The predicted molar refractivity (Wildman–Crippen MR) is 99.8 cm³/mol. The van der Waals surface area contributed by atoms with Crippen molar-refractivity contribution in [1.82, 2.24) is 0 Å². The van der Waals surface area contributed by atoms with E-state index in [4.69, 9.17) is 0 Å². The van der Waals surface area contributed by atoms with Gasteiger partial charge in [-0.15, -0.1) is 0 Å². The molecular weight excluding hydrogens is 462 g/mol. The van der Waals surface area contributed by atoms with Gasteiger partial charge in [0.1, 0.15) is 0 Å². The Morgan fingerprint density at radius 1 is 1.16 bits per heavy atom. The van der Waals surface area contributed by atoms with E-state index in [2.05, 4.69) is 51.1 Å². The maximum absolute atomic E-state index is 11.5. The van der Waals surface area contributed by atoms with Crippen molar-refractivity contribution in [3.63, 3.8) is 0 Å². The number of fused-ring (bicyclic) bond motifs is 2. The van der Waals surface area contributed by atoms with Crippen LogP contribution in [0.25, 0.3) is 0 Å². The van der Waals surface area contributed by atoms with E-state index in [1.54, 1.807) is 11.1 Å². The standard InChI is InChI=1S/C16H22O.I2.H2/c1-10-7-11(2)16-13(8-10)4-3-12-9-14(17)5-6-15(12)16;1-2;/h9-11,13H,3-8H2,1-2H3;;1H/t10?,11-,13?;;/m0../s1/i;;1+1. The zero-order chi connectivity index (χ0) is 14.0. The maximum Gasteiger partial charge on any atom is 0.156 e. The number of hydrogen-bond donors (Lipinski definition) is 0. The van der Waals surface area contributed by atoms with Crippen molar-refractivity contribution < 1.29 is 6.22 Å². The van der Waals surface area contributed by atoms with Crippen LogP contribution in [0.2, 0.25) is 0 Å². The lowest BCUT2D eigenvalue weighted by Crippen LogP contribution is -2.28. The highest BCUT2D eigenvalue weighted by Crippen LogP contribution is 2.48. The molecular formula is C16H24I2O. The van der Waals surface area contributed by atoms with Crippen molar-refractivity contribution in [1.29, 1.82) is 0 Å². The van der Waals surface area contributed by atoms with Crippen molar-refractivity contribution in [2.24, 2.45) is 17.8 Å². The molecule has 0 heterocycles. The van der Waals surface area contributed by atoms with Crippen LogP contribution in [0, 0.1) is 17.8 Å². The van der Waals surface area contributed by atoms with Crippen LogP contribution in [0.4, 0.5) is 0 Å². The van der Waals surface area contributed by atoms with E-state index in [9.17, 15) is 4.79 Å². The summed E-state index contributed by atoms with van der Waals surface area (Å²) in [6.45, 7) is 4.79. The van der Waals surface area contributed by atoms with Crippen LogP contribution in [0.15, 0.2) is 22.8 Å². The minimum atomic E-state index is 0. The minimum Gasteiger partial charge on any atom is -0.295 e. The normalized spacial score (nSPS) is 33.8. The van der Waals surface area contributed by atoms with Gasteiger partial charge >= 0.3 is 0 Å². The van der Waals surface area contributed by atoms with Gasteiger partial charge in [-0.05, 0) is 67.1 Å². The van der Waals surface area contributed by atoms with E-state index in [0.717, 1.165) is 37.0 Å². The Hall–Kier alpha value is 0.610. The zero-order valence-corrected chi connectivity index (χ0v) is 16.0. The largest absolute Gasteiger partial charge is 0.295 e. The molecule has 0 aromatic heterocycles. The highest BCUT2D eigenvalue weighted by atomic mass is 128. The molecule has 1 saturated carbocycles. The molecule has 2 unspecified atom stereocenters. The van der Waals surface area contributed by atoms with Gasteiger partial charge in [-0.1, -0.05) is 19.4 Å². The van der Waals surface area contributed by atoms with Gasteiger partial charge in [0.2, 0.25) is 0 Å². The second-order valence-electron chi connectivity index (χ2n) is 6.28. The summed E-state index contributed by atoms with van der Waals surface area (Å²) in [6, 6.07) is 0. The van der Waals surface area contributed by atoms with Crippen molar-refractivity contribution in [2.75, 3.05) is 0 Å². The third-order valence-corrected chi connectivity index (χ3v) is 4.87. The van der Waals surface area contributed by atoms with Gasteiger partial charge < -0.3 is 0 Å². The average Bonchev–Trinajstić information content (AvgIpc) is 2.40. The highest BCUT2D eigenvalue weighted by Gasteiger charge is 2.35. The summed E-state index contributed by atoms with van der Waals surface area (Å²) >= 11 is 4.24. The minimum absolute atomic E-state index is 0. The van der Waals surface area contributed by atoms with Crippen LogP contribution < -0.4 is 0 Å². The Kier molecular flexibility index (Phi) is 5.93. The number of carbonyl (C=O) groups is 1. The highest BCUT2D eigenvalue weighted by molar-refractivity contribution is 15.0. The first-order valence-electron chi connectivity index (χ1n) is 7.26. The summed E-state index contributed by atoms with van der Waals surface area (Å²) in [5.41, 5.74) is 4.70. The number of halogens is 2. The van der Waals surface area contributed by atoms with E-state index < -0.39 is 0 Å². The average molecular weight is 487 g/mol. The summed E-state index contributed by atoms with van der Waals surface area (Å²) in [4.78, 5) is 11.5. The molecule has 0 radical (unpaired) electrons. The number of carbonyl (C=O) groups excluding carboxylic acids is 1. The predicted octanol–water partition coefficient (Wildman–Crippen LogP) is 6.07. The number of ketones is 1. The van der Waals surface area contributed by atoms with Crippen molar-refractivity contribution >= 4 is 43.0 Å². The molecule has 0 amide bonds. The Balaban J connectivity index is 0.000000639. The first-order chi connectivity index (χ1) is 9.15. The summed E-state index contributed by atoms with van der Waals surface area (Å²) in [5, 5.41) is 0. The van der Waals surface area contributed by atoms with Crippen LogP contribution in [-0.2, 0) is 4.79 Å². The molecule has 0 aromatic carbocycles. The van der Waals surface area contributed by atoms with E-state index in [-0.39, 0.29) is 1.43 Å². The molecule has 3 aliphatic rings. The molecule has 3 atom stereocenters. The molecule has 0 aromatic rings. The molecule has 0 bridgehead atoms. The number of allylic oxidation sites excluding steroid dienone is 4. The summed E-state index contributed by atoms with van der Waals surface area (Å²) in [6.07, 6.45) is 8.86. The van der Waals surface area contributed by atoms with Gasteiger partial charge in [-0.2, -0.15) is 0 Å². The summed E-state index contributed by atoms with van der Waals surface area (Å²) in [7, 11) is 0. The van der Waals surface area contributed by atoms with Crippen molar-refractivity contribution in [3.8, 4) is 0 Å². The van der Waals surface area contributed by atoms with Gasteiger partial charge in [0.15, 0.2) is 5.78 Å². The van der Waals surface area contributed by atoms with E-state index in [1.807, 2.05) is 6.08 Å². The van der Waals surface area contributed by atoms with Crippen LogP contribution in [0.3, 0.4) is 0 Å². The first kappa shape index (κ1) is 16.0. The SMILES string of the molecule is CC1CC2CCC3=CC(=O)CCC3=C2[C@@H](C)C1.II.[2HH]. The molecule has 3 heteroatoms. The van der Waals surface area contributed by atoms with Crippen molar-refractivity contribution in [3.05, 3.63) is 22.8 Å². The van der Waals surface area contributed by atoms with Gasteiger partial charge in [0.05, 0.1) is 0 Å². The van der Waals surface area contributed by atoms with Crippen molar-refractivity contribution in [2.45, 2.75) is 52.4 Å². The second kappa shape index (κ2) is 7.05. The lowest BCUT2D eigenvalue weighted by Gasteiger charge is -2.41. The molecule has 0 aliphatic heterocycles. The molecule has 0 spiro atoms. The second-order valence-corrected chi connectivity index (χ2v) is 6.28. The molecule has 3 aliphatic carbocycles. The van der Waals surface area contributed by atoms with Crippen LogP contribution in [-0.4, -0.2) is 5.78 Å². The number of hydrogen-bond acceptors (Lipinski definition) is 1. The third kappa shape index (κ3) is 3.44. The summed E-state index contributed by atoms with van der Waals surface area (Å²) < 4.78 is 0. The van der Waals surface area contributed by atoms with E-state index in [1.165, 1.54) is 24.8 Å². The number of rotatable bonds is 0. The molecule has 108 valence electrons. The summed E-state index contributed by atoms with van der Waals surface area (Å²) in [5.74, 6) is 2.81. The van der Waals surface area contributed by atoms with Crippen LogP contribution in [0.5, 0.6) is 0 Å². The van der Waals surface area contributed by atoms with Gasteiger partial charge in [0.25, 0.3) is 0 Å². The zero-order valence-electron chi connectivity index (χ0n) is 11.7. The molecule has 19 heavy (non-hydrogen) atoms. The fourth-order valence-corrected chi connectivity index (χ4v) is 4.30. The fourth-order valence-electron chi connectivity index (χ4n) is 4.30. The Bertz CT molecular complexity index is 428.